The molecule has 3 aromatic carbocycles. The molecule has 1 aliphatic heterocycles. The molecular formula is C27H25N3. The Hall–Kier alpha value is -3.59. The van der Waals surface area contributed by atoms with E-state index in [1.54, 1.807) is 0 Å². The highest BCUT2D eigenvalue weighted by Crippen LogP contribution is 2.41. The van der Waals surface area contributed by atoms with Crippen LogP contribution in [0.5, 0.6) is 0 Å². The number of aromatic nitrogens is 1. The predicted molar refractivity (Wildman–Crippen MR) is 129 cm³/mol. The molecule has 0 saturated heterocycles. The molecule has 3 heteroatoms. The number of nitrogens with one attached hydrogen (secondary N) is 1. The van der Waals surface area contributed by atoms with Gasteiger partial charge in [-0.25, -0.2) is 0 Å². The van der Waals surface area contributed by atoms with Gasteiger partial charge in [-0.05, 0) is 43.7 Å². The second-order valence-electron chi connectivity index (χ2n) is 7.53. The zero-order chi connectivity index (χ0) is 20.5. The maximum Gasteiger partial charge on any atom is 0.0709 e. The number of rotatable bonds is 5. The van der Waals surface area contributed by atoms with Gasteiger partial charge in [0, 0.05) is 64.4 Å². The van der Waals surface area contributed by atoms with E-state index in [1.807, 2.05) is 12.3 Å². The van der Waals surface area contributed by atoms with Crippen LogP contribution in [0.15, 0.2) is 84.0 Å². The molecule has 0 fully saturated rings. The lowest BCUT2D eigenvalue weighted by atomic mass is 9.90. The van der Waals surface area contributed by atoms with Crippen LogP contribution in [0.3, 0.4) is 0 Å². The van der Waals surface area contributed by atoms with Gasteiger partial charge >= 0.3 is 0 Å². The second kappa shape index (κ2) is 7.68. The molecule has 0 radical (unpaired) electrons. The number of benzene rings is 3. The number of anilines is 1. The molecule has 4 aromatic rings. The topological polar surface area (TPSA) is 31.4 Å². The van der Waals surface area contributed by atoms with Crippen molar-refractivity contribution in [3.8, 4) is 0 Å². The molecule has 0 aliphatic carbocycles. The Morgan fingerprint density at radius 1 is 0.867 bits per heavy atom. The standard InChI is InChI=1S/C27H25N3/c1-3-30(4-2)20-15-13-19(14-16-20)27(23-17-28-25-11-7-5-9-21(23)25)24-18-29-26-12-8-6-10-22(24)26/h5-18,28H,3-4H2,1-2H3. The lowest BCUT2D eigenvalue weighted by molar-refractivity contribution is 0.866. The summed E-state index contributed by atoms with van der Waals surface area (Å²) in [6.45, 7) is 6.41. The predicted octanol–water partition coefficient (Wildman–Crippen LogP) is 6.69. The molecule has 1 N–H and O–H groups in total. The van der Waals surface area contributed by atoms with Crippen molar-refractivity contribution in [1.82, 2.24) is 4.98 Å². The fourth-order valence-electron chi connectivity index (χ4n) is 4.38. The normalized spacial score (nSPS) is 14.2. The largest absolute Gasteiger partial charge is 0.372 e. The number of fused-ring (bicyclic) bond motifs is 2. The van der Waals surface area contributed by atoms with Crippen molar-refractivity contribution >= 4 is 39.6 Å². The van der Waals surface area contributed by atoms with Gasteiger partial charge in [0.1, 0.15) is 0 Å². The highest BCUT2D eigenvalue weighted by atomic mass is 15.1. The molecule has 0 bridgehead atoms. The van der Waals surface area contributed by atoms with E-state index in [0.29, 0.717) is 0 Å². The Morgan fingerprint density at radius 3 is 2.40 bits per heavy atom. The van der Waals surface area contributed by atoms with E-state index in [9.17, 15) is 0 Å². The third-order valence-corrected chi connectivity index (χ3v) is 5.94. The van der Waals surface area contributed by atoms with Crippen molar-refractivity contribution in [2.45, 2.75) is 13.8 Å². The van der Waals surface area contributed by atoms with Crippen molar-refractivity contribution in [1.29, 1.82) is 0 Å². The van der Waals surface area contributed by atoms with Crippen molar-refractivity contribution in [3.05, 3.63) is 95.7 Å². The number of H-pyrrole nitrogens is 1. The molecule has 0 spiro atoms. The lowest BCUT2D eigenvalue weighted by Crippen LogP contribution is -2.21. The summed E-state index contributed by atoms with van der Waals surface area (Å²) in [6, 6.07) is 25.8. The Bertz CT molecular complexity index is 1250. The minimum Gasteiger partial charge on any atom is -0.372 e. The Morgan fingerprint density at radius 2 is 1.60 bits per heavy atom. The van der Waals surface area contributed by atoms with Gasteiger partial charge in [-0.3, -0.25) is 4.99 Å². The number of aliphatic imine (C=N–C) groups is 1. The molecule has 0 saturated carbocycles. The Balaban J connectivity index is 1.73. The van der Waals surface area contributed by atoms with Crippen LogP contribution in [0.4, 0.5) is 11.4 Å². The zero-order valence-electron chi connectivity index (χ0n) is 17.4. The number of hydrogen-bond acceptors (Lipinski definition) is 2. The molecule has 0 unspecified atom stereocenters. The van der Waals surface area contributed by atoms with Crippen molar-refractivity contribution in [3.63, 3.8) is 0 Å². The van der Waals surface area contributed by atoms with Crippen LogP contribution in [0.1, 0.15) is 30.5 Å². The van der Waals surface area contributed by atoms with E-state index in [2.05, 4.69) is 102 Å². The molecule has 0 atom stereocenters. The average molecular weight is 392 g/mol. The summed E-state index contributed by atoms with van der Waals surface area (Å²) >= 11 is 0. The fourth-order valence-corrected chi connectivity index (χ4v) is 4.38. The minimum atomic E-state index is 1.01. The third-order valence-electron chi connectivity index (χ3n) is 5.94. The maximum absolute atomic E-state index is 4.69. The minimum absolute atomic E-state index is 1.01. The molecule has 1 aliphatic rings. The smallest absolute Gasteiger partial charge is 0.0709 e. The van der Waals surface area contributed by atoms with Crippen LogP contribution in [-0.2, 0) is 0 Å². The molecule has 0 amide bonds. The van der Waals surface area contributed by atoms with Crippen LogP contribution in [-0.4, -0.2) is 24.3 Å². The fraction of sp³-hybridized carbons (Fsp3) is 0.148. The van der Waals surface area contributed by atoms with Gasteiger partial charge < -0.3 is 9.88 Å². The van der Waals surface area contributed by atoms with Crippen LogP contribution >= 0.6 is 0 Å². The summed E-state index contributed by atoms with van der Waals surface area (Å²) in [6.07, 6.45) is 4.14. The summed E-state index contributed by atoms with van der Waals surface area (Å²) in [4.78, 5) is 10.5. The summed E-state index contributed by atoms with van der Waals surface area (Å²) in [5.74, 6) is 0. The van der Waals surface area contributed by atoms with E-state index < -0.39 is 0 Å². The summed E-state index contributed by atoms with van der Waals surface area (Å²) in [7, 11) is 0. The molecule has 30 heavy (non-hydrogen) atoms. The average Bonchev–Trinajstić information content (AvgIpc) is 3.41. The van der Waals surface area contributed by atoms with E-state index >= 15 is 0 Å². The van der Waals surface area contributed by atoms with Crippen LogP contribution in [0, 0.1) is 0 Å². The first-order chi connectivity index (χ1) is 14.8. The SMILES string of the molecule is CCN(CC)c1ccc(C(=C2C=Nc3ccccc32)c2c[nH]c3ccccc23)cc1. The van der Waals surface area contributed by atoms with Gasteiger partial charge in [-0.15, -0.1) is 0 Å². The monoisotopic (exact) mass is 391 g/mol. The number of aromatic amines is 1. The summed E-state index contributed by atoms with van der Waals surface area (Å²) in [5, 5.41) is 1.23. The van der Waals surface area contributed by atoms with Crippen molar-refractivity contribution in [2.75, 3.05) is 18.0 Å². The number of hydrogen-bond donors (Lipinski definition) is 1. The van der Waals surface area contributed by atoms with Crippen LogP contribution in [0.25, 0.3) is 22.0 Å². The van der Waals surface area contributed by atoms with E-state index in [1.165, 1.54) is 38.9 Å². The van der Waals surface area contributed by atoms with E-state index in [0.717, 1.165) is 24.3 Å². The van der Waals surface area contributed by atoms with Crippen LogP contribution in [0.2, 0.25) is 0 Å². The first-order valence-electron chi connectivity index (χ1n) is 10.6. The van der Waals surface area contributed by atoms with Crippen molar-refractivity contribution < 1.29 is 0 Å². The van der Waals surface area contributed by atoms with Gasteiger partial charge in [0.15, 0.2) is 0 Å². The summed E-state index contributed by atoms with van der Waals surface area (Å²) in [5.41, 5.74) is 9.42. The van der Waals surface area contributed by atoms with Gasteiger partial charge in [-0.1, -0.05) is 48.5 Å². The third kappa shape index (κ3) is 3.03. The van der Waals surface area contributed by atoms with Crippen LogP contribution < -0.4 is 4.90 Å². The molecule has 5 rings (SSSR count). The maximum atomic E-state index is 4.69. The first kappa shape index (κ1) is 18.4. The molecular weight excluding hydrogens is 366 g/mol. The van der Waals surface area contributed by atoms with Gasteiger partial charge in [0.05, 0.1) is 5.69 Å². The number of para-hydroxylation sites is 2. The van der Waals surface area contributed by atoms with Gasteiger partial charge in [0.2, 0.25) is 0 Å². The Kier molecular flexibility index (Phi) is 4.72. The molecule has 1 aromatic heterocycles. The number of allylic oxidation sites excluding steroid dienone is 1. The molecule has 3 nitrogen and oxygen atoms in total. The second-order valence-corrected chi connectivity index (χ2v) is 7.53. The van der Waals surface area contributed by atoms with Crippen molar-refractivity contribution in [2.24, 2.45) is 4.99 Å². The number of nitrogens with zero attached hydrogens (tertiary/aromatic N) is 2. The zero-order valence-corrected chi connectivity index (χ0v) is 17.4. The first-order valence-corrected chi connectivity index (χ1v) is 10.6. The Labute approximate surface area is 177 Å². The van der Waals surface area contributed by atoms with Gasteiger partial charge in [-0.2, -0.15) is 0 Å². The molecule has 2 heterocycles. The van der Waals surface area contributed by atoms with Gasteiger partial charge in [0.25, 0.3) is 0 Å². The highest BCUT2D eigenvalue weighted by molar-refractivity contribution is 6.27. The van der Waals surface area contributed by atoms with E-state index in [4.69, 9.17) is 0 Å². The summed E-state index contributed by atoms with van der Waals surface area (Å²) < 4.78 is 0. The highest BCUT2D eigenvalue weighted by Gasteiger charge is 2.21. The lowest BCUT2D eigenvalue weighted by Gasteiger charge is -2.21. The quantitative estimate of drug-likeness (QED) is 0.404. The molecule has 148 valence electrons. The van der Waals surface area contributed by atoms with E-state index in [-0.39, 0.29) is 0 Å².